The highest BCUT2D eigenvalue weighted by Gasteiger charge is 2.26. The number of likely N-dealkylation sites (tertiary alicyclic amines) is 1. The van der Waals surface area contributed by atoms with Crippen LogP contribution in [0.2, 0.25) is 0 Å². The number of benzene rings is 2. The van der Waals surface area contributed by atoms with Gasteiger partial charge in [0.1, 0.15) is 5.82 Å². The van der Waals surface area contributed by atoms with Crippen molar-refractivity contribution in [2.24, 2.45) is 5.92 Å². The molecule has 1 saturated heterocycles. The summed E-state index contributed by atoms with van der Waals surface area (Å²) in [5, 5.41) is 21.4. The first kappa shape index (κ1) is 17.5. The van der Waals surface area contributed by atoms with Gasteiger partial charge in [-0.25, -0.2) is 4.39 Å². The van der Waals surface area contributed by atoms with E-state index in [1.54, 1.807) is 24.3 Å². The third kappa shape index (κ3) is 4.41. The van der Waals surface area contributed by atoms with E-state index >= 15 is 0 Å². The molecule has 1 heterocycles. The van der Waals surface area contributed by atoms with Gasteiger partial charge < -0.3 is 5.11 Å². The van der Waals surface area contributed by atoms with Crippen LogP contribution in [0.25, 0.3) is 0 Å². The molecule has 1 aliphatic heterocycles. The summed E-state index contributed by atoms with van der Waals surface area (Å²) in [5.74, 6) is -0.158. The number of hydrogen-bond acceptors (Lipinski definition) is 4. The number of aliphatic hydroxyl groups excluding tert-OH is 1. The minimum absolute atomic E-state index is 0.110. The number of nitro benzene ring substituents is 1. The van der Waals surface area contributed by atoms with Gasteiger partial charge in [-0.15, -0.1) is 0 Å². The molecule has 3 rings (SSSR count). The third-order valence-electron chi connectivity index (χ3n) is 4.82. The highest BCUT2D eigenvalue weighted by Crippen LogP contribution is 2.31. The normalized spacial score (nSPS) is 17.4. The van der Waals surface area contributed by atoms with E-state index in [9.17, 15) is 19.6 Å². The highest BCUT2D eigenvalue weighted by molar-refractivity contribution is 5.34. The molecule has 1 fully saturated rings. The monoisotopic (exact) mass is 344 g/mol. The fraction of sp³-hybridized carbons (Fsp3) is 0.368. The maximum Gasteiger partial charge on any atom is 0.269 e. The second-order valence-corrected chi connectivity index (χ2v) is 6.54. The summed E-state index contributed by atoms with van der Waals surface area (Å²) in [6, 6.07) is 12.7. The number of non-ortho nitro benzene ring substituents is 1. The standard InChI is InChI=1S/C19H21FN2O3/c20-17-6-4-15(5-7-17)19(23)16-8-10-21(11-9-16)13-14-2-1-3-18(12-14)22(24)25/h1-7,12,16,19,23H,8-11,13H2. The quantitative estimate of drug-likeness (QED) is 0.664. The van der Waals surface area contributed by atoms with E-state index < -0.39 is 6.10 Å². The van der Waals surface area contributed by atoms with Crippen molar-refractivity contribution in [3.63, 3.8) is 0 Å². The maximum atomic E-state index is 13.0. The van der Waals surface area contributed by atoms with E-state index in [1.165, 1.54) is 18.2 Å². The fourth-order valence-corrected chi connectivity index (χ4v) is 3.39. The molecule has 0 spiro atoms. The molecule has 1 atom stereocenters. The maximum absolute atomic E-state index is 13.0. The summed E-state index contributed by atoms with van der Waals surface area (Å²) in [7, 11) is 0. The van der Waals surface area contributed by atoms with Crippen LogP contribution in [0.3, 0.4) is 0 Å². The van der Waals surface area contributed by atoms with Crippen LogP contribution in [0.1, 0.15) is 30.1 Å². The zero-order chi connectivity index (χ0) is 17.8. The van der Waals surface area contributed by atoms with Gasteiger partial charge in [0.25, 0.3) is 5.69 Å². The van der Waals surface area contributed by atoms with Gasteiger partial charge in [0.15, 0.2) is 0 Å². The molecular formula is C19H21FN2O3. The van der Waals surface area contributed by atoms with Crippen LogP contribution in [0.4, 0.5) is 10.1 Å². The SMILES string of the molecule is O=[N+]([O-])c1cccc(CN2CCC(C(O)c3ccc(F)cc3)CC2)c1. The number of rotatable bonds is 5. The van der Waals surface area contributed by atoms with E-state index in [-0.39, 0.29) is 22.3 Å². The molecule has 1 N–H and O–H groups in total. The summed E-state index contributed by atoms with van der Waals surface area (Å²) in [6.45, 7) is 2.32. The van der Waals surface area contributed by atoms with Crippen molar-refractivity contribution < 1.29 is 14.4 Å². The summed E-state index contributed by atoms with van der Waals surface area (Å²) in [6.07, 6.45) is 1.10. The summed E-state index contributed by atoms with van der Waals surface area (Å²) >= 11 is 0. The number of hydrogen-bond donors (Lipinski definition) is 1. The molecule has 5 nitrogen and oxygen atoms in total. The number of nitrogens with zero attached hydrogens (tertiary/aromatic N) is 2. The van der Waals surface area contributed by atoms with Gasteiger partial charge in [0.05, 0.1) is 11.0 Å². The average Bonchev–Trinajstić information content (AvgIpc) is 2.63. The Morgan fingerprint density at radius 3 is 2.52 bits per heavy atom. The lowest BCUT2D eigenvalue weighted by Gasteiger charge is -2.34. The van der Waals surface area contributed by atoms with E-state index in [1.807, 2.05) is 6.07 Å². The Balaban J connectivity index is 1.55. The molecule has 0 aromatic heterocycles. The molecule has 0 bridgehead atoms. The first-order valence-electron chi connectivity index (χ1n) is 8.42. The zero-order valence-corrected chi connectivity index (χ0v) is 13.8. The second-order valence-electron chi connectivity index (χ2n) is 6.54. The Hall–Kier alpha value is -2.31. The van der Waals surface area contributed by atoms with E-state index in [2.05, 4.69) is 4.90 Å². The lowest BCUT2D eigenvalue weighted by atomic mass is 9.87. The van der Waals surface area contributed by atoms with Crippen LogP contribution in [-0.4, -0.2) is 28.0 Å². The predicted molar refractivity (Wildman–Crippen MR) is 92.5 cm³/mol. The molecule has 25 heavy (non-hydrogen) atoms. The minimum Gasteiger partial charge on any atom is -0.388 e. The van der Waals surface area contributed by atoms with Crippen molar-refractivity contribution in [2.75, 3.05) is 13.1 Å². The number of aliphatic hydroxyl groups is 1. The summed E-state index contributed by atoms with van der Waals surface area (Å²) in [5.41, 5.74) is 1.78. The van der Waals surface area contributed by atoms with Crippen molar-refractivity contribution >= 4 is 5.69 Å². The van der Waals surface area contributed by atoms with Crippen molar-refractivity contribution in [3.8, 4) is 0 Å². The Kier molecular flexibility index (Phi) is 5.40. The first-order chi connectivity index (χ1) is 12.0. The predicted octanol–water partition coefficient (Wildman–Crippen LogP) is 3.68. The van der Waals surface area contributed by atoms with Gasteiger partial charge in [0, 0.05) is 18.7 Å². The molecule has 0 amide bonds. The molecule has 1 unspecified atom stereocenters. The van der Waals surface area contributed by atoms with E-state index in [0.29, 0.717) is 6.54 Å². The lowest BCUT2D eigenvalue weighted by molar-refractivity contribution is -0.384. The second kappa shape index (κ2) is 7.72. The van der Waals surface area contributed by atoms with Crippen LogP contribution < -0.4 is 0 Å². The van der Waals surface area contributed by atoms with Crippen LogP contribution in [0.5, 0.6) is 0 Å². The van der Waals surface area contributed by atoms with Crippen LogP contribution >= 0.6 is 0 Å². The smallest absolute Gasteiger partial charge is 0.269 e. The van der Waals surface area contributed by atoms with Crippen molar-refractivity contribution in [2.45, 2.75) is 25.5 Å². The number of nitro groups is 1. The highest BCUT2D eigenvalue weighted by atomic mass is 19.1. The van der Waals surface area contributed by atoms with Gasteiger partial charge in [-0.1, -0.05) is 24.3 Å². The molecule has 0 aliphatic carbocycles. The Bertz CT molecular complexity index is 728. The fourth-order valence-electron chi connectivity index (χ4n) is 3.39. The van der Waals surface area contributed by atoms with Crippen LogP contribution in [0, 0.1) is 21.8 Å². The van der Waals surface area contributed by atoms with E-state index in [0.717, 1.165) is 37.1 Å². The van der Waals surface area contributed by atoms with Gasteiger partial charge in [-0.2, -0.15) is 0 Å². The Morgan fingerprint density at radius 1 is 1.20 bits per heavy atom. The number of halogens is 1. The average molecular weight is 344 g/mol. The van der Waals surface area contributed by atoms with Crippen molar-refractivity contribution in [1.29, 1.82) is 0 Å². The largest absolute Gasteiger partial charge is 0.388 e. The molecule has 6 heteroatoms. The van der Waals surface area contributed by atoms with Crippen molar-refractivity contribution in [1.82, 2.24) is 4.90 Å². The first-order valence-corrected chi connectivity index (χ1v) is 8.42. The number of piperidine rings is 1. The third-order valence-corrected chi connectivity index (χ3v) is 4.82. The van der Waals surface area contributed by atoms with Gasteiger partial charge in [0.2, 0.25) is 0 Å². The summed E-state index contributed by atoms with van der Waals surface area (Å²) in [4.78, 5) is 12.7. The molecule has 2 aromatic carbocycles. The Labute approximate surface area is 145 Å². The lowest BCUT2D eigenvalue weighted by Crippen LogP contribution is -2.35. The molecule has 0 saturated carbocycles. The zero-order valence-electron chi connectivity index (χ0n) is 13.8. The van der Waals surface area contributed by atoms with E-state index in [4.69, 9.17) is 0 Å². The molecule has 2 aromatic rings. The molecule has 132 valence electrons. The summed E-state index contributed by atoms with van der Waals surface area (Å²) < 4.78 is 13.0. The van der Waals surface area contributed by atoms with Gasteiger partial charge >= 0.3 is 0 Å². The molecule has 0 radical (unpaired) electrons. The van der Waals surface area contributed by atoms with Crippen molar-refractivity contribution in [3.05, 3.63) is 75.6 Å². The molecular weight excluding hydrogens is 323 g/mol. The van der Waals surface area contributed by atoms with Gasteiger partial charge in [-0.05, 0) is 55.1 Å². The van der Waals surface area contributed by atoms with Crippen LogP contribution in [0.15, 0.2) is 48.5 Å². The topological polar surface area (TPSA) is 66.6 Å². The van der Waals surface area contributed by atoms with Gasteiger partial charge in [-0.3, -0.25) is 15.0 Å². The minimum atomic E-state index is -0.583. The van der Waals surface area contributed by atoms with Crippen LogP contribution in [-0.2, 0) is 6.54 Å². The Morgan fingerprint density at radius 2 is 1.88 bits per heavy atom. The molecule has 1 aliphatic rings.